The SMILES string of the molecule is CN1CCC(N(C)C(c2ccccc2)c2c[nH]nc2-c2ccco2)C1. The minimum atomic E-state index is 0.136. The van der Waals surface area contributed by atoms with Gasteiger partial charge in [-0.3, -0.25) is 10.00 Å². The van der Waals surface area contributed by atoms with Gasteiger partial charge in [-0.25, -0.2) is 0 Å². The van der Waals surface area contributed by atoms with Crippen molar-refractivity contribution < 1.29 is 4.42 Å². The zero-order valence-corrected chi connectivity index (χ0v) is 14.7. The van der Waals surface area contributed by atoms with Gasteiger partial charge in [-0.15, -0.1) is 0 Å². The topological polar surface area (TPSA) is 48.3 Å². The molecule has 0 amide bonds. The number of nitrogens with one attached hydrogen (secondary N) is 1. The summed E-state index contributed by atoms with van der Waals surface area (Å²) in [5.74, 6) is 0.800. The third-order valence-electron chi connectivity index (χ3n) is 5.18. The predicted molar refractivity (Wildman–Crippen MR) is 98.2 cm³/mol. The van der Waals surface area contributed by atoms with E-state index >= 15 is 0 Å². The second kappa shape index (κ2) is 6.86. The van der Waals surface area contributed by atoms with Gasteiger partial charge < -0.3 is 9.32 Å². The molecule has 5 heteroatoms. The predicted octanol–water partition coefficient (Wildman–Crippen LogP) is 3.40. The smallest absolute Gasteiger partial charge is 0.154 e. The van der Waals surface area contributed by atoms with Crippen LogP contribution in [0.5, 0.6) is 0 Å². The van der Waals surface area contributed by atoms with Gasteiger partial charge in [-0.05, 0) is 44.8 Å². The van der Waals surface area contributed by atoms with Crippen molar-refractivity contribution in [2.75, 3.05) is 27.2 Å². The molecule has 3 aromatic rings. The van der Waals surface area contributed by atoms with Gasteiger partial charge >= 0.3 is 0 Å². The van der Waals surface area contributed by atoms with Crippen molar-refractivity contribution in [2.45, 2.75) is 18.5 Å². The molecule has 0 saturated carbocycles. The van der Waals surface area contributed by atoms with Crippen molar-refractivity contribution in [3.05, 3.63) is 66.1 Å². The van der Waals surface area contributed by atoms with E-state index in [1.165, 1.54) is 12.0 Å². The Morgan fingerprint density at radius 3 is 2.76 bits per heavy atom. The summed E-state index contributed by atoms with van der Waals surface area (Å²) in [6.45, 7) is 2.24. The van der Waals surface area contributed by atoms with Gasteiger partial charge in [0.15, 0.2) is 5.76 Å². The summed E-state index contributed by atoms with van der Waals surface area (Å²) in [7, 11) is 4.41. The summed E-state index contributed by atoms with van der Waals surface area (Å²) >= 11 is 0. The molecule has 0 bridgehead atoms. The Balaban J connectivity index is 1.75. The van der Waals surface area contributed by atoms with Gasteiger partial charge in [0, 0.05) is 24.3 Å². The van der Waals surface area contributed by atoms with Crippen molar-refractivity contribution in [1.82, 2.24) is 20.0 Å². The van der Waals surface area contributed by atoms with E-state index < -0.39 is 0 Å². The van der Waals surface area contributed by atoms with Gasteiger partial charge in [-0.2, -0.15) is 5.10 Å². The molecule has 5 nitrogen and oxygen atoms in total. The van der Waals surface area contributed by atoms with Crippen molar-refractivity contribution in [3.8, 4) is 11.5 Å². The van der Waals surface area contributed by atoms with Crippen molar-refractivity contribution in [3.63, 3.8) is 0 Å². The molecule has 130 valence electrons. The number of benzene rings is 1. The summed E-state index contributed by atoms with van der Waals surface area (Å²) in [6, 6.07) is 15.2. The monoisotopic (exact) mass is 336 g/mol. The van der Waals surface area contributed by atoms with Crippen LogP contribution in [0.15, 0.2) is 59.3 Å². The molecule has 0 aliphatic carbocycles. The van der Waals surface area contributed by atoms with Crippen molar-refractivity contribution in [1.29, 1.82) is 0 Å². The van der Waals surface area contributed by atoms with Crippen LogP contribution in [-0.2, 0) is 0 Å². The fourth-order valence-corrected chi connectivity index (χ4v) is 3.84. The van der Waals surface area contributed by atoms with Crippen LogP contribution in [0.2, 0.25) is 0 Å². The van der Waals surface area contributed by atoms with E-state index in [2.05, 4.69) is 64.4 Å². The Hall–Kier alpha value is -2.37. The highest BCUT2D eigenvalue weighted by Crippen LogP contribution is 2.36. The van der Waals surface area contributed by atoms with Crippen molar-refractivity contribution in [2.24, 2.45) is 0 Å². The number of furan rings is 1. The summed E-state index contributed by atoms with van der Waals surface area (Å²) in [4.78, 5) is 4.88. The minimum Gasteiger partial charge on any atom is -0.463 e. The van der Waals surface area contributed by atoms with Crippen LogP contribution in [0.25, 0.3) is 11.5 Å². The van der Waals surface area contributed by atoms with Gasteiger partial charge in [0.2, 0.25) is 0 Å². The molecular weight excluding hydrogens is 312 g/mol. The minimum absolute atomic E-state index is 0.136. The molecule has 1 N–H and O–H groups in total. The lowest BCUT2D eigenvalue weighted by atomic mass is 9.95. The molecule has 0 radical (unpaired) electrons. The third-order valence-corrected chi connectivity index (χ3v) is 5.18. The number of hydrogen-bond acceptors (Lipinski definition) is 4. The largest absolute Gasteiger partial charge is 0.463 e. The van der Waals surface area contributed by atoms with Gasteiger partial charge in [0.05, 0.1) is 12.3 Å². The fourth-order valence-electron chi connectivity index (χ4n) is 3.84. The fraction of sp³-hybridized carbons (Fsp3) is 0.350. The standard InChI is InChI=1S/C20H24N4O/c1-23-11-10-16(14-23)24(2)20(15-7-4-3-5-8-15)17-13-21-22-19(17)18-9-6-12-25-18/h3-9,12-13,16,20H,10-11,14H2,1-2H3,(H,21,22). The number of aromatic amines is 1. The molecule has 0 spiro atoms. The Bertz CT molecular complexity index is 796. The highest BCUT2D eigenvalue weighted by atomic mass is 16.3. The maximum absolute atomic E-state index is 5.62. The van der Waals surface area contributed by atoms with Gasteiger partial charge in [-0.1, -0.05) is 30.3 Å². The first-order valence-electron chi connectivity index (χ1n) is 8.77. The first-order valence-corrected chi connectivity index (χ1v) is 8.77. The van der Waals surface area contributed by atoms with E-state index in [0.29, 0.717) is 6.04 Å². The highest BCUT2D eigenvalue weighted by molar-refractivity contribution is 5.58. The average molecular weight is 336 g/mol. The molecule has 1 saturated heterocycles. The van der Waals surface area contributed by atoms with E-state index in [4.69, 9.17) is 4.42 Å². The molecule has 2 unspecified atom stereocenters. The molecule has 4 rings (SSSR count). The van der Waals surface area contributed by atoms with Crippen LogP contribution in [-0.4, -0.2) is 53.2 Å². The molecule has 2 aromatic heterocycles. The molecule has 1 aliphatic rings. The molecule has 3 heterocycles. The number of rotatable bonds is 5. The molecule has 1 aliphatic heterocycles. The maximum Gasteiger partial charge on any atom is 0.154 e. The van der Waals surface area contributed by atoms with Crippen LogP contribution in [0.1, 0.15) is 23.6 Å². The number of hydrogen-bond donors (Lipinski definition) is 1. The Morgan fingerprint density at radius 2 is 2.08 bits per heavy atom. The Labute approximate surface area is 148 Å². The van der Waals surface area contributed by atoms with Crippen molar-refractivity contribution >= 4 is 0 Å². The van der Waals surface area contributed by atoms with Gasteiger partial charge in [0.25, 0.3) is 0 Å². The van der Waals surface area contributed by atoms with E-state index in [0.717, 1.165) is 30.1 Å². The lowest BCUT2D eigenvalue weighted by Gasteiger charge is -2.33. The summed E-state index contributed by atoms with van der Waals surface area (Å²) in [6.07, 6.45) is 4.88. The normalized spacial score (nSPS) is 19.6. The van der Waals surface area contributed by atoms with Gasteiger partial charge in [0.1, 0.15) is 5.69 Å². The zero-order valence-electron chi connectivity index (χ0n) is 14.7. The van der Waals surface area contributed by atoms with Crippen LogP contribution in [0.3, 0.4) is 0 Å². The van der Waals surface area contributed by atoms with E-state index in [-0.39, 0.29) is 6.04 Å². The second-order valence-corrected chi connectivity index (χ2v) is 6.85. The summed E-state index contributed by atoms with van der Waals surface area (Å²) in [5.41, 5.74) is 3.31. The number of aromatic nitrogens is 2. The number of likely N-dealkylation sites (N-methyl/N-ethyl adjacent to an activating group) is 2. The number of H-pyrrole nitrogens is 1. The summed E-state index contributed by atoms with van der Waals surface area (Å²) in [5, 5.41) is 7.52. The lowest BCUT2D eigenvalue weighted by molar-refractivity contribution is 0.200. The van der Waals surface area contributed by atoms with E-state index in [9.17, 15) is 0 Å². The molecule has 25 heavy (non-hydrogen) atoms. The third kappa shape index (κ3) is 3.13. The Kier molecular flexibility index (Phi) is 4.42. The second-order valence-electron chi connectivity index (χ2n) is 6.85. The Morgan fingerprint density at radius 1 is 1.24 bits per heavy atom. The summed E-state index contributed by atoms with van der Waals surface area (Å²) < 4.78 is 5.62. The zero-order chi connectivity index (χ0) is 17.2. The maximum atomic E-state index is 5.62. The highest BCUT2D eigenvalue weighted by Gasteiger charge is 2.32. The van der Waals surface area contributed by atoms with Crippen LogP contribution >= 0.6 is 0 Å². The van der Waals surface area contributed by atoms with Crippen LogP contribution in [0.4, 0.5) is 0 Å². The average Bonchev–Trinajstić information content (AvgIpc) is 3.37. The van der Waals surface area contributed by atoms with E-state index in [1.807, 2.05) is 18.3 Å². The first kappa shape index (κ1) is 16.1. The molecule has 1 aromatic carbocycles. The lowest BCUT2D eigenvalue weighted by Crippen LogP contribution is -2.37. The van der Waals surface area contributed by atoms with Crippen LogP contribution < -0.4 is 0 Å². The molecule has 2 atom stereocenters. The first-order chi connectivity index (χ1) is 12.2. The number of likely N-dealkylation sites (tertiary alicyclic amines) is 1. The van der Waals surface area contributed by atoms with E-state index in [1.54, 1.807) is 6.26 Å². The molecule has 1 fully saturated rings. The molecular formula is C20H24N4O. The quantitative estimate of drug-likeness (QED) is 0.776. The number of nitrogens with zero attached hydrogens (tertiary/aromatic N) is 3. The van der Waals surface area contributed by atoms with Crippen LogP contribution in [0, 0.1) is 0 Å².